The average molecular weight is 181 g/mol. The molecule has 0 spiro atoms. The van der Waals surface area contributed by atoms with Crippen molar-refractivity contribution in [3.8, 4) is 11.8 Å². The first-order valence-corrected chi connectivity index (χ1v) is 4.73. The summed E-state index contributed by atoms with van der Waals surface area (Å²) in [5.74, 6) is 5.90. The van der Waals surface area contributed by atoms with Crippen LogP contribution in [-0.4, -0.2) is 16.7 Å². The second kappa shape index (κ2) is 4.91. The Morgan fingerprint density at radius 2 is 2.50 bits per heavy atom. The number of rotatable bonds is 2. The van der Waals surface area contributed by atoms with E-state index in [0.717, 1.165) is 23.5 Å². The Morgan fingerprint density at radius 3 is 3.08 bits per heavy atom. The molecule has 0 unspecified atom stereocenters. The van der Waals surface area contributed by atoms with Gasteiger partial charge in [-0.3, -0.25) is 0 Å². The zero-order valence-electron chi connectivity index (χ0n) is 7.00. The molecule has 0 fully saturated rings. The molecule has 12 heavy (non-hydrogen) atoms. The highest BCUT2D eigenvalue weighted by Gasteiger charge is 1.91. The van der Waals surface area contributed by atoms with Gasteiger partial charge in [-0.25, -0.2) is 4.98 Å². The molecule has 0 radical (unpaired) electrons. The fraction of sp³-hybridized carbons (Fsp3) is 0.444. The van der Waals surface area contributed by atoms with Gasteiger partial charge in [-0.1, -0.05) is 5.92 Å². The molecule has 3 heteroatoms. The summed E-state index contributed by atoms with van der Waals surface area (Å²) in [5.41, 5.74) is 1.02. The molecule has 0 aliphatic carbocycles. The maximum atomic E-state index is 8.49. The van der Waals surface area contributed by atoms with Gasteiger partial charge in [0.05, 0.1) is 0 Å². The zero-order valence-corrected chi connectivity index (χ0v) is 7.82. The van der Waals surface area contributed by atoms with Crippen molar-refractivity contribution in [3.05, 3.63) is 16.1 Å². The van der Waals surface area contributed by atoms with E-state index in [1.807, 2.05) is 12.3 Å². The molecule has 1 rings (SSSR count). The molecule has 0 atom stereocenters. The summed E-state index contributed by atoms with van der Waals surface area (Å²) in [4.78, 5) is 4.19. The molecule has 1 aromatic rings. The molecule has 1 heterocycles. The topological polar surface area (TPSA) is 33.1 Å². The Bertz CT molecular complexity index is 295. The Labute approximate surface area is 76.3 Å². The van der Waals surface area contributed by atoms with Crippen LogP contribution >= 0.6 is 11.3 Å². The Hall–Kier alpha value is -0.850. The van der Waals surface area contributed by atoms with Crippen LogP contribution in [-0.2, 0) is 0 Å². The molecule has 64 valence electrons. The van der Waals surface area contributed by atoms with Crippen molar-refractivity contribution >= 4 is 11.3 Å². The van der Waals surface area contributed by atoms with E-state index in [1.54, 1.807) is 11.3 Å². The molecule has 0 saturated heterocycles. The predicted molar refractivity (Wildman–Crippen MR) is 50.0 cm³/mol. The number of aromatic nitrogens is 1. The van der Waals surface area contributed by atoms with Gasteiger partial charge in [0, 0.05) is 24.1 Å². The van der Waals surface area contributed by atoms with Crippen molar-refractivity contribution in [3.63, 3.8) is 0 Å². The van der Waals surface area contributed by atoms with E-state index in [-0.39, 0.29) is 6.61 Å². The van der Waals surface area contributed by atoms with E-state index in [9.17, 15) is 0 Å². The van der Waals surface area contributed by atoms with Crippen LogP contribution in [0, 0.1) is 18.8 Å². The molecular weight excluding hydrogens is 170 g/mol. The van der Waals surface area contributed by atoms with Gasteiger partial charge in [-0.05, 0) is 19.3 Å². The van der Waals surface area contributed by atoms with Crippen LogP contribution in [0.15, 0.2) is 5.38 Å². The lowest BCUT2D eigenvalue weighted by atomic mass is 10.3. The number of unbranched alkanes of at least 4 members (excludes halogenated alkanes) is 1. The van der Waals surface area contributed by atoms with Crippen molar-refractivity contribution in [2.45, 2.75) is 19.8 Å². The van der Waals surface area contributed by atoms with Crippen LogP contribution in [0.5, 0.6) is 0 Å². The van der Waals surface area contributed by atoms with Gasteiger partial charge in [0.25, 0.3) is 0 Å². The SMILES string of the molecule is Cc1csc(C#CCCCO)n1. The lowest BCUT2D eigenvalue weighted by molar-refractivity contribution is 0.290. The number of nitrogens with zero attached hydrogens (tertiary/aromatic N) is 1. The van der Waals surface area contributed by atoms with E-state index in [1.165, 1.54) is 0 Å². The third-order valence-electron chi connectivity index (χ3n) is 1.27. The molecule has 0 amide bonds. The summed E-state index contributed by atoms with van der Waals surface area (Å²) in [6.45, 7) is 2.17. The van der Waals surface area contributed by atoms with Crippen molar-refractivity contribution in [1.82, 2.24) is 4.98 Å². The summed E-state index contributed by atoms with van der Waals surface area (Å²) in [7, 11) is 0. The maximum absolute atomic E-state index is 8.49. The molecule has 0 saturated carbocycles. The molecule has 0 bridgehead atoms. The quantitative estimate of drug-likeness (QED) is 0.555. The van der Waals surface area contributed by atoms with Gasteiger partial charge < -0.3 is 5.11 Å². The van der Waals surface area contributed by atoms with Gasteiger partial charge in [-0.15, -0.1) is 11.3 Å². The van der Waals surface area contributed by atoms with Crippen molar-refractivity contribution in [2.24, 2.45) is 0 Å². The number of aliphatic hydroxyl groups excluding tert-OH is 1. The molecule has 2 nitrogen and oxygen atoms in total. The van der Waals surface area contributed by atoms with Gasteiger partial charge in [0.15, 0.2) is 5.01 Å². The van der Waals surface area contributed by atoms with E-state index < -0.39 is 0 Å². The third kappa shape index (κ3) is 3.04. The van der Waals surface area contributed by atoms with E-state index >= 15 is 0 Å². The predicted octanol–water partition coefficient (Wildman–Crippen LogP) is 1.58. The highest BCUT2D eigenvalue weighted by molar-refractivity contribution is 7.10. The molecule has 1 aromatic heterocycles. The minimum atomic E-state index is 0.214. The van der Waals surface area contributed by atoms with Crippen LogP contribution < -0.4 is 0 Å². The normalized spacial score (nSPS) is 9.17. The van der Waals surface area contributed by atoms with Crippen molar-refractivity contribution in [2.75, 3.05) is 6.61 Å². The third-order valence-corrected chi connectivity index (χ3v) is 2.15. The van der Waals surface area contributed by atoms with Crippen LogP contribution in [0.1, 0.15) is 23.5 Å². The first-order chi connectivity index (χ1) is 5.83. The minimum absolute atomic E-state index is 0.214. The van der Waals surface area contributed by atoms with E-state index in [0.29, 0.717) is 0 Å². The zero-order chi connectivity index (χ0) is 8.81. The van der Waals surface area contributed by atoms with Crippen LogP contribution in [0.4, 0.5) is 0 Å². The Kier molecular flexibility index (Phi) is 3.78. The summed E-state index contributed by atoms with van der Waals surface area (Å²) in [5, 5.41) is 11.3. The van der Waals surface area contributed by atoms with Gasteiger partial charge >= 0.3 is 0 Å². The molecule has 1 N–H and O–H groups in total. The van der Waals surface area contributed by atoms with Crippen molar-refractivity contribution in [1.29, 1.82) is 0 Å². The molecule has 0 aliphatic heterocycles. The monoisotopic (exact) mass is 181 g/mol. The lowest BCUT2D eigenvalue weighted by Crippen LogP contribution is -1.79. The van der Waals surface area contributed by atoms with E-state index in [4.69, 9.17) is 5.11 Å². The number of aliphatic hydroxyl groups is 1. The Morgan fingerprint density at radius 1 is 1.67 bits per heavy atom. The fourth-order valence-electron chi connectivity index (χ4n) is 0.717. The number of thiazole rings is 1. The Balaban J connectivity index is 2.43. The number of aryl methyl sites for hydroxylation is 1. The van der Waals surface area contributed by atoms with Crippen molar-refractivity contribution < 1.29 is 5.11 Å². The molecule has 0 aromatic carbocycles. The first-order valence-electron chi connectivity index (χ1n) is 3.85. The number of hydrogen-bond donors (Lipinski definition) is 1. The summed E-state index contributed by atoms with van der Waals surface area (Å²) < 4.78 is 0. The maximum Gasteiger partial charge on any atom is 0.167 e. The highest BCUT2D eigenvalue weighted by atomic mass is 32.1. The number of hydrogen-bond acceptors (Lipinski definition) is 3. The standard InChI is InChI=1S/C9H11NOS/c1-8-7-12-9(10-8)5-3-2-4-6-11/h7,11H,2,4,6H2,1H3. The summed E-state index contributed by atoms with van der Waals surface area (Å²) in [6, 6.07) is 0. The highest BCUT2D eigenvalue weighted by Crippen LogP contribution is 2.06. The molecular formula is C9H11NOS. The summed E-state index contributed by atoms with van der Waals surface area (Å²) >= 11 is 1.56. The molecule has 0 aliphatic rings. The largest absolute Gasteiger partial charge is 0.396 e. The minimum Gasteiger partial charge on any atom is -0.396 e. The van der Waals surface area contributed by atoms with Gasteiger partial charge in [0.2, 0.25) is 0 Å². The fourth-order valence-corrected chi connectivity index (χ4v) is 1.38. The van der Waals surface area contributed by atoms with Gasteiger partial charge in [0.1, 0.15) is 0 Å². The summed E-state index contributed by atoms with van der Waals surface area (Å²) in [6.07, 6.45) is 1.49. The van der Waals surface area contributed by atoms with Crippen LogP contribution in [0.3, 0.4) is 0 Å². The second-order valence-corrected chi connectivity index (χ2v) is 3.28. The van der Waals surface area contributed by atoms with Crippen LogP contribution in [0.25, 0.3) is 0 Å². The smallest absolute Gasteiger partial charge is 0.167 e. The van der Waals surface area contributed by atoms with Gasteiger partial charge in [-0.2, -0.15) is 0 Å². The van der Waals surface area contributed by atoms with Crippen LogP contribution in [0.2, 0.25) is 0 Å². The van der Waals surface area contributed by atoms with E-state index in [2.05, 4.69) is 16.8 Å². The first kappa shape index (κ1) is 9.24. The second-order valence-electron chi connectivity index (χ2n) is 2.42. The average Bonchev–Trinajstić information content (AvgIpc) is 2.45. The lowest BCUT2D eigenvalue weighted by Gasteiger charge is -1.82.